The zero-order valence-corrected chi connectivity index (χ0v) is 34.6. The molecule has 13 nitrogen and oxygen atoms in total. The number of H-pyrrole nitrogens is 1. The second-order valence-corrected chi connectivity index (χ2v) is 15.5. The van der Waals surface area contributed by atoms with Crippen molar-refractivity contribution >= 4 is 41.0 Å². The maximum absolute atomic E-state index is 13.8. The first kappa shape index (κ1) is 42.2. The summed E-state index contributed by atoms with van der Waals surface area (Å²) in [6.45, 7) is 14.2. The van der Waals surface area contributed by atoms with Crippen LogP contribution in [0.15, 0.2) is 85.2 Å². The summed E-state index contributed by atoms with van der Waals surface area (Å²) in [6.07, 6.45) is 10.3. The molecule has 1 aliphatic carbocycles. The predicted molar refractivity (Wildman–Crippen MR) is 219 cm³/mol. The number of aromatic amines is 1. The number of carbonyl (C=O) groups is 4. The minimum atomic E-state index is -1.12. The molecule has 0 saturated carbocycles. The molecule has 4 aliphatic heterocycles. The number of fused-ring (bicyclic) bond motifs is 8. The number of methoxy groups -OCH3 is 2. The topological polar surface area (TPSA) is 178 Å². The number of carbonyl (C=O) groups excluding carboxylic acids is 4. The van der Waals surface area contributed by atoms with E-state index in [2.05, 4.69) is 18.5 Å². The Morgan fingerprint density at radius 3 is 2.34 bits per heavy atom. The summed E-state index contributed by atoms with van der Waals surface area (Å²) in [6, 6.07) is 0. The van der Waals surface area contributed by atoms with Gasteiger partial charge in [-0.05, 0) is 74.0 Å². The molecule has 1 aromatic rings. The van der Waals surface area contributed by atoms with Gasteiger partial charge in [0.05, 0.1) is 49.8 Å². The Bertz CT molecular complexity index is 2170. The van der Waals surface area contributed by atoms with E-state index in [9.17, 15) is 24.3 Å². The highest BCUT2D eigenvalue weighted by Gasteiger charge is 2.55. The molecule has 4 unspecified atom stereocenters. The Morgan fingerprint density at radius 1 is 0.948 bits per heavy atom. The van der Waals surface area contributed by atoms with Gasteiger partial charge in [-0.15, -0.1) is 6.58 Å². The van der Waals surface area contributed by atoms with E-state index in [1.165, 1.54) is 14.2 Å². The van der Waals surface area contributed by atoms with Crippen LogP contribution < -0.4 is 0 Å². The lowest BCUT2D eigenvalue weighted by Crippen LogP contribution is -2.45. The van der Waals surface area contributed by atoms with E-state index in [-0.39, 0.29) is 55.9 Å². The first-order chi connectivity index (χ1) is 27.8. The van der Waals surface area contributed by atoms with E-state index < -0.39 is 29.2 Å². The molecule has 58 heavy (non-hydrogen) atoms. The minimum Gasteiger partial charge on any atom is -0.469 e. The van der Waals surface area contributed by atoms with Crippen LogP contribution in [0.4, 0.5) is 0 Å². The molecule has 1 aromatic heterocycles. The zero-order chi connectivity index (χ0) is 41.9. The smallest absolute Gasteiger partial charge is 0.334 e. The fourth-order valence-electron chi connectivity index (χ4n) is 8.91. The Kier molecular flexibility index (Phi) is 12.8. The van der Waals surface area contributed by atoms with Crippen molar-refractivity contribution in [2.24, 2.45) is 38.1 Å². The molecule has 6 rings (SSSR count). The van der Waals surface area contributed by atoms with E-state index in [4.69, 9.17) is 33.9 Å². The largest absolute Gasteiger partial charge is 0.469 e. The van der Waals surface area contributed by atoms with Crippen molar-refractivity contribution in [3.63, 3.8) is 0 Å². The Balaban J connectivity index is 1.52. The normalized spacial score (nSPS) is 23.6. The van der Waals surface area contributed by atoms with Crippen LogP contribution in [0.1, 0.15) is 82.3 Å². The maximum atomic E-state index is 13.8. The fourth-order valence-corrected chi connectivity index (χ4v) is 8.91. The maximum Gasteiger partial charge on any atom is 0.334 e. The number of rotatable bonds is 13. The number of aliphatic imine (C=N–C) groups is 3. The van der Waals surface area contributed by atoms with Crippen molar-refractivity contribution in [3.8, 4) is 0 Å². The van der Waals surface area contributed by atoms with E-state index in [0.717, 1.165) is 68.5 Å². The molecule has 0 aromatic carbocycles. The molecule has 8 bridgehead atoms. The van der Waals surface area contributed by atoms with E-state index in [0.29, 0.717) is 43.7 Å². The number of nitrogens with zero attached hydrogens (tertiary/aromatic N) is 3. The third-order valence-corrected chi connectivity index (χ3v) is 12.2. The summed E-state index contributed by atoms with van der Waals surface area (Å²) < 4.78 is 21.2. The predicted octanol–water partition coefficient (Wildman–Crippen LogP) is 6.06. The van der Waals surface area contributed by atoms with E-state index in [1.807, 2.05) is 45.9 Å². The van der Waals surface area contributed by atoms with Gasteiger partial charge in [0.1, 0.15) is 12.5 Å². The van der Waals surface area contributed by atoms with Crippen molar-refractivity contribution in [2.75, 3.05) is 34.0 Å². The molecular formula is C45H54N4O9. The number of nitrogens with one attached hydrogen (secondary N) is 1. The van der Waals surface area contributed by atoms with Crippen LogP contribution in [0.2, 0.25) is 0 Å². The molecule has 0 saturated heterocycles. The monoisotopic (exact) mass is 794 g/mol. The lowest BCUT2D eigenvalue weighted by Gasteiger charge is -2.38. The zero-order valence-electron chi connectivity index (χ0n) is 34.6. The van der Waals surface area contributed by atoms with E-state index >= 15 is 0 Å². The first-order valence-electron chi connectivity index (χ1n) is 20.0. The summed E-state index contributed by atoms with van der Waals surface area (Å²) >= 11 is 0. The molecule has 13 heteroatoms. The van der Waals surface area contributed by atoms with Gasteiger partial charge in [0, 0.05) is 78.2 Å². The second kappa shape index (κ2) is 17.6. The lowest BCUT2D eigenvalue weighted by molar-refractivity contribution is -0.149. The molecule has 0 amide bonds. The number of allylic oxidation sites excluding steroid dienone is 8. The van der Waals surface area contributed by atoms with Gasteiger partial charge in [0.2, 0.25) is 0 Å². The van der Waals surface area contributed by atoms with Crippen LogP contribution in [0.25, 0.3) is 0 Å². The van der Waals surface area contributed by atoms with Crippen molar-refractivity contribution < 1.29 is 43.2 Å². The highest BCUT2D eigenvalue weighted by Crippen LogP contribution is 2.54. The van der Waals surface area contributed by atoms with Gasteiger partial charge < -0.3 is 29.0 Å². The second-order valence-electron chi connectivity index (χ2n) is 15.5. The van der Waals surface area contributed by atoms with Gasteiger partial charge >= 0.3 is 23.9 Å². The Labute approximate surface area is 339 Å². The highest BCUT2D eigenvalue weighted by molar-refractivity contribution is 6.15. The number of esters is 4. The molecule has 2 N–H and O–H groups in total. The highest BCUT2D eigenvalue weighted by atomic mass is 16.5. The third kappa shape index (κ3) is 7.88. The number of aliphatic hydroxyl groups is 1. The molecule has 0 spiro atoms. The van der Waals surface area contributed by atoms with Crippen LogP contribution in [-0.4, -0.2) is 85.1 Å². The first-order valence-corrected chi connectivity index (χ1v) is 20.0. The van der Waals surface area contributed by atoms with Crippen molar-refractivity contribution in [2.45, 2.75) is 86.0 Å². The SMILES string of the molecule is C=CC1C2=NC(=C1C)C=C1N=C(CC3=NC(=C(CCC(=O)OCCO)C3C)Cc3[nH]c(c(C)c3CCC(=O)OCCC)C2)C2(C)C1=CC=C(C(=O)OC)C2C(=O)OC. The summed E-state index contributed by atoms with van der Waals surface area (Å²) in [4.78, 5) is 72.0. The Morgan fingerprint density at radius 2 is 1.67 bits per heavy atom. The van der Waals surface area contributed by atoms with Gasteiger partial charge in [0.25, 0.3) is 0 Å². The molecule has 308 valence electrons. The number of aromatic nitrogens is 1. The van der Waals surface area contributed by atoms with Gasteiger partial charge in [-0.3, -0.25) is 29.4 Å². The van der Waals surface area contributed by atoms with E-state index in [1.54, 1.807) is 6.08 Å². The average molecular weight is 795 g/mol. The summed E-state index contributed by atoms with van der Waals surface area (Å²) in [7, 11) is 2.58. The van der Waals surface area contributed by atoms with Crippen molar-refractivity contribution in [1.82, 2.24) is 4.98 Å². The number of hydrogen-bond donors (Lipinski definition) is 2. The summed E-state index contributed by atoms with van der Waals surface area (Å²) in [5.74, 6) is -3.35. The molecule has 0 fully saturated rings. The number of hydrogen-bond acceptors (Lipinski definition) is 12. The molecular weight excluding hydrogens is 741 g/mol. The van der Waals surface area contributed by atoms with Gasteiger partial charge in [-0.2, -0.15) is 0 Å². The molecule has 0 radical (unpaired) electrons. The fraction of sp³-hybridized carbons (Fsp3) is 0.489. The van der Waals surface area contributed by atoms with Crippen molar-refractivity contribution in [1.29, 1.82) is 0 Å². The Hall–Kier alpha value is -5.43. The van der Waals surface area contributed by atoms with Crippen LogP contribution in [0, 0.1) is 30.1 Å². The number of aliphatic hydroxyl groups excluding tert-OH is 1. The third-order valence-electron chi connectivity index (χ3n) is 12.2. The van der Waals surface area contributed by atoms with Crippen molar-refractivity contribution in [3.05, 3.63) is 92.8 Å². The quantitative estimate of drug-likeness (QED) is 0.136. The minimum absolute atomic E-state index is 0.0848. The van der Waals surface area contributed by atoms with Crippen LogP contribution in [-0.2, 0) is 57.4 Å². The summed E-state index contributed by atoms with van der Waals surface area (Å²) in [5, 5.41) is 9.24. The van der Waals surface area contributed by atoms with Gasteiger partial charge in [-0.1, -0.05) is 32.1 Å². The van der Waals surface area contributed by atoms with Gasteiger partial charge in [-0.25, -0.2) is 4.79 Å². The van der Waals surface area contributed by atoms with Crippen LogP contribution in [0.5, 0.6) is 0 Å². The molecule has 5 heterocycles. The van der Waals surface area contributed by atoms with Crippen LogP contribution >= 0.6 is 0 Å². The van der Waals surface area contributed by atoms with Gasteiger partial charge in [0.15, 0.2) is 0 Å². The number of ether oxygens (including phenoxy) is 4. The molecule has 5 aliphatic rings. The lowest BCUT2D eigenvalue weighted by atomic mass is 9.62. The standard InChI is InChI=1S/C45H54N4O9/c1-9-18-57-40(51)15-12-28-25(4)32-20-35-27(10-2)24(3)33(46-35)21-38-31-14-11-30(43(53)55-7)42(44(54)56-8)45(31,6)39(49-38)23-34-26(5)29(13-16-41(52)58-19-17-50)37(48-34)22-36(28)47-32/h10-11,14,21,26-27,42,47,50H,2,9,12-13,15-20,22-23H2,1,3-8H3. The van der Waals surface area contributed by atoms with Crippen LogP contribution in [0.3, 0.4) is 0 Å². The summed E-state index contributed by atoms with van der Waals surface area (Å²) in [5.41, 5.74) is 10.1. The average Bonchev–Trinajstić information content (AvgIpc) is 3.87. The molecule has 4 atom stereocenters.